The third kappa shape index (κ3) is 13.3. The summed E-state index contributed by atoms with van der Waals surface area (Å²) in [6, 6.07) is 74.4. The molecule has 21 heteroatoms. The molecule has 0 unspecified atom stereocenters. The topological polar surface area (TPSA) is 245 Å². The van der Waals surface area contributed by atoms with E-state index in [1.165, 1.54) is 14.0 Å². The standard InChI is InChI=1S/2C28H23N5O2.C27H21N5O2/c1-18-14-25(34)33-17-20-7-5-9-22(16-20)27(35)30-28-29-23-10-2-3-11-24(23)32(28)13-12-19-6-4-8-21(15-19)26(18)31-33;1-18-9-10-19-13-14-32-25-8-3-2-7-24(25)29-28(32)30-27(35)21-6-4-5-20(15-21)17-33-26(34)12-11-23(31-33)22(18)16-19;1-17-9-10-19-14-21(17)22-11-12-25(33)32(30-22)16-18-5-4-6-20(13-18)26(34)29-27-28-23-7-2-3-8-24(23)31(27)15-19/h2-11,14-16H,12-13,17H2,1H3,(H,29,30,35);2-12,15-16H,13-14,17H2,1H3,(H,29,30,35);2-14H,15-16H2,1H3,(H,28,29,34). The third-order valence-corrected chi connectivity index (χ3v) is 19.1. The lowest BCUT2D eigenvalue weighted by Crippen LogP contribution is -2.24. The molecule has 0 aliphatic carbocycles. The predicted molar refractivity (Wildman–Crippen MR) is 402 cm³/mol. The molecule has 3 N–H and O–H groups in total. The van der Waals surface area contributed by atoms with Gasteiger partial charge in [0.2, 0.25) is 17.8 Å². The zero-order valence-electron chi connectivity index (χ0n) is 57.0. The van der Waals surface area contributed by atoms with E-state index < -0.39 is 0 Å². The van der Waals surface area contributed by atoms with Crippen LogP contribution in [0.2, 0.25) is 0 Å². The molecule has 0 radical (unpaired) electrons. The Bertz CT molecular complexity index is 6150. The van der Waals surface area contributed by atoms with Gasteiger partial charge in [0.05, 0.1) is 76.4 Å². The van der Waals surface area contributed by atoms with E-state index in [0.29, 0.717) is 54.2 Å². The summed E-state index contributed by atoms with van der Waals surface area (Å²) in [7, 11) is 0. The number of imidazole rings is 3. The number of aryl methyl sites for hydroxylation is 7. The van der Waals surface area contributed by atoms with Crippen molar-refractivity contribution < 1.29 is 14.4 Å². The minimum Gasteiger partial charge on any atom is -0.310 e. The number of amides is 3. The van der Waals surface area contributed by atoms with E-state index in [2.05, 4.69) is 90.7 Å². The summed E-state index contributed by atoms with van der Waals surface area (Å²) in [6.45, 7) is 8.61. The lowest BCUT2D eigenvalue weighted by atomic mass is 10.0. The van der Waals surface area contributed by atoms with Gasteiger partial charge in [-0.15, -0.1) is 0 Å². The Kier molecular flexibility index (Phi) is 17.2. The van der Waals surface area contributed by atoms with E-state index in [9.17, 15) is 28.8 Å². The second kappa shape index (κ2) is 27.5. The van der Waals surface area contributed by atoms with Crippen LogP contribution in [0.15, 0.2) is 251 Å². The van der Waals surface area contributed by atoms with Gasteiger partial charge in [-0.3, -0.25) is 44.7 Å². The number of para-hydroxylation sites is 6. The first-order chi connectivity index (χ1) is 50.6. The van der Waals surface area contributed by atoms with Crippen molar-refractivity contribution in [1.29, 1.82) is 0 Å². The van der Waals surface area contributed by atoms with Crippen LogP contribution in [-0.2, 0) is 52.1 Å². The maximum Gasteiger partial charge on any atom is 0.267 e. The molecule has 3 aliphatic heterocycles. The Morgan fingerprint density at radius 1 is 0.308 bits per heavy atom. The summed E-state index contributed by atoms with van der Waals surface area (Å²) >= 11 is 0. The van der Waals surface area contributed by atoms with Crippen molar-refractivity contribution in [2.75, 3.05) is 16.0 Å². The highest BCUT2D eigenvalue weighted by molar-refractivity contribution is 6.06. The van der Waals surface area contributed by atoms with E-state index in [4.69, 9.17) is 20.1 Å². The molecule has 3 amide bonds. The highest BCUT2D eigenvalue weighted by atomic mass is 16.2. The number of carbonyl (C=O) groups is 3. The molecule has 0 saturated carbocycles. The van der Waals surface area contributed by atoms with Gasteiger partial charge in [-0.2, -0.15) is 15.3 Å². The summed E-state index contributed by atoms with van der Waals surface area (Å²) in [5.41, 5.74) is 20.2. The van der Waals surface area contributed by atoms with Gasteiger partial charge in [-0.1, -0.05) is 115 Å². The molecule has 21 nitrogen and oxygen atoms in total. The average molecular weight is 1370 g/mol. The minimum absolute atomic E-state index is 0.174. The number of fused-ring (bicyclic) bond motifs is 30. The Balaban J connectivity index is 0.000000120. The van der Waals surface area contributed by atoms with Crippen LogP contribution in [0, 0.1) is 20.8 Å². The maximum absolute atomic E-state index is 13.2. The normalized spacial score (nSPS) is 13.2. The number of nitrogens with one attached hydrogen (secondary N) is 3. The van der Waals surface area contributed by atoms with E-state index in [1.54, 1.807) is 66.7 Å². The van der Waals surface area contributed by atoms with Crippen LogP contribution in [0.5, 0.6) is 0 Å². The van der Waals surface area contributed by atoms with Gasteiger partial charge < -0.3 is 13.7 Å². The van der Waals surface area contributed by atoms with E-state index >= 15 is 0 Å². The molecule has 0 fully saturated rings. The first-order valence-corrected chi connectivity index (χ1v) is 34.3. The average Bonchev–Trinajstić information content (AvgIpc) is 1.57. The predicted octanol–water partition coefficient (Wildman–Crippen LogP) is 13.1. The molecule has 104 heavy (non-hydrogen) atoms. The molecule has 15 aromatic rings. The molecule has 3 aliphatic rings. The molecule has 9 heterocycles. The van der Waals surface area contributed by atoms with Gasteiger partial charge in [-0.25, -0.2) is 29.0 Å². The van der Waals surface area contributed by atoms with Crippen LogP contribution in [0.25, 0.3) is 66.9 Å². The summed E-state index contributed by atoms with van der Waals surface area (Å²) in [6.07, 6.45) is 1.48. The number of hydrogen-bond acceptors (Lipinski definition) is 12. The lowest BCUT2D eigenvalue weighted by Gasteiger charge is -2.14. The Hall–Kier alpha value is -13.6. The molecule has 9 aromatic carbocycles. The number of aromatic nitrogens is 12. The van der Waals surface area contributed by atoms with E-state index in [0.717, 1.165) is 130 Å². The molecular weight excluding hydrogens is 1300 g/mol. The summed E-state index contributed by atoms with van der Waals surface area (Å²) < 4.78 is 10.5. The fourth-order valence-electron chi connectivity index (χ4n) is 13.7. The van der Waals surface area contributed by atoms with Crippen molar-refractivity contribution in [2.24, 2.45) is 0 Å². The quantitative estimate of drug-likeness (QED) is 0.128. The van der Waals surface area contributed by atoms with Gasteiger partial charge in [-0.05, 0) is 187 Å². The number of rotatable bonds is 0. The first-order valence-electron chi connectivity index (χ1n) is 34.3. The Morgan fingerprint density at radius 3 is 1.16 bits per heavy atom. The number of carbonyl (C=O) groups excluding carboxylic acids is 3. The molecular formula is C83H67N15O6. The molecule has 510 valence electrons. The van der Waals surface area contributed by atoms with Crippen molar-refractivity contribution in [3.8, 4) is 33.8 Å². The molecule has 18 rings (SSSR count). The lowest BCUT2D eigenvalue weighted by molar-refractivity contribution is 0.101. The summed E-state index contributed by atoms with van der Waals surface area (Å²) in [5.74, 6) is 0.771. The highest BCUT2D eigenvalue weighted by Crippen LogP contribution is 2.31. The number of anilines is 3. The van der Waals surface area contributed by atoms with Gasteiger partial charge in [0.25, 0.3) is 34.4 Å². The molecule has 0 atom stereocenters. The highest BCUT2D eigenvalue weighted by Gasteiger charge is 2.22. The fourth-order valence-corrected chi connectivity index (χ4v) is 13.7. The first kappa shape index (κ1) is 65.1. The van der Waals surface area contributed by atoms with Crippen LogP contribution in [0.4, 0.5) is 17.8 Å². The second-order valence-corrected chi connectivity index (χ2v) is 26.2. The summed E-state index contributed by atoms with van der Waals surface area (Å²) in [5, 5.41) is 23.0. The van der Waals surface area contributed by atoms with Crippen molar-refractivity contribution in [3.63, 3.8) is 0 Å². The Morgan fingerprint density at radius 2 is 0.683 bits per heavy atom. The SMILES string of the molecule is Cc1cc(=O)n2nc1-c1cccc(c1)CCn1c(nc3ccccc31)NC(=O)c1cccc(c1)C2.Cc1ccc2cc1-c1ccc(=O)n(n1)Cc1cccc(c1)C(=O)Nc1nc3ccccc3n1C2.Cc1ccc2cc1-c1ccc(=O)n(n1)Cc1cccc(c1)C(=O)Nc1nc3ccccc3n1CC2. The van der Waals surface area contributed by atoms with Gasteiger partial charge >= 0.3 is 0 Å². The van der Waals surface area contributed by atoms with Gasteiger partial charge in [0.1, 0.15) is 0 Å². The smallest absolute Gasteiger partial charge is 0.267 e. The van der Waals surface area contributed by atoms with E-state index in [1.807, 2.05) is 140 Å². The van der Waals surface area contributed by atoms with Gasteiger partial charge in [0, 0.05) is 64.7 Å². The fraction of sp³-hybridized carbons (Fsp3) is 0.133. The largest absolute Gasteiger partial charge is 0.310 e. The molecule has 18 bridgehead atoms. The maximum atomic E-state index is 13.2. The van der Waals surface area contributed by atoms with Crippen LogP contribution >= 0.6 is 0 Å². The van der Waals surface area contributed by atoms with Crippen molar-refractivity contribution in [1.82, 2.24) is 58.0 Å². The van der Waals surface area contributed by atoms with Crippen LogP contribution in [0.1, 0.15) is 81.1 Å². The monoisotopic (exact) mass is 1370 g/mol. The summed E-state index contributed by atoms with van der Waals surface area (Å²) in [4.78, 5) is 91.5. The van der Waals surface area contributed by atoms with Crippen LogP contribution in [0.3, 0.4) is 0 Å². The molecule has 0 spiro atoms. The molecule has 0 saturated heterocycles. The minimum atomic E-state index is -0.257. The Labute approximate surface area is 595 Å². The van der Waals surface area contributed by atoms with Crippen molar-refractivity contribution in [3.05, 3.63) is 334 Å². The van der Waals surface area contributed by atoms with Crippen molar-refractivity contribution >= 4 is 68.7 Å². The van der Waals surface area contributed by atoms with Crippen molar-refractivity contribution in [2.45, 2.75) is 72.9 Å². The van der Waals surface area contributed by atoms with Gasteiger partial charge in [0.15, 0.2) is 0 Å². The zero-order valence-corrected chi connectivity index (χ0v) is 57.0. The second-order valence-electron chi connectivity index (χ2n) is 26.2. The molecule has 6 aromatic heterocycles. The number of benzene rings is 9. The van der Waals surface area contributed by atoms with Crippen LogP contribution < -0.4 is 32.6 Å². The van der Waals surface area contributed by atoms with E-state index in [-0.39, 0.29) is 54.0 Å². The number of hydrogen-bond donors (Lipinski definition) is 3. The third-order valence-electron chi connectivity index (χ3n) is 19.1. The number of nitrogens with zero attached hydrogens (tertiary/aromatic N) is 12. The van der Waals surface area contributed by atoms with Crippen LogP contribution in [-0.4, -0.2) is 75.7 Å². The zero-order chi connectivity index (χ0) is 71.1.